The number of fused-ring (bicyclic) bond motifs is 1. The number of aliphatic hydroxyl groups is 1. The Morgan fingerprint density at radius 2 is 1.68 bits per heavy atom. The van der Waals surface area contributed by atoms with E-state index in [0.29, 0.717) is 17.2 Å². The molecule has 0 spiro atoms. The lowest BCUT2D eigenvalue weighted by Crippen LogP contribution is -2.37. The first-order valence-corrected chi connectivity index (χ1v) is 9.99. The van der Waals surface area contributed by atoms with E-state index in [1.165, 1.54) is 5.56 Å². The van der Waals surface area contributed by atoms with Gasteiger partial charge in [0.05, 0.1) is 6.10 Å². The van der Waals surface area contributed by atoms with Gasteiger partial charge in [-0.1, -0.05) is 78.3 Å². The van der Waals surface area contributed by atoms with Gasteiger partial charge in [-0.05, 0) is 30.2 Å². The van der Waals surface area contributed by atoms with Crippen LogP contribution in [0.2, 0.25) is 5.02 Å². The Balaban J connectivity index is 1.67. The van der Waals surface area contributed by atoms with Crippen molar-refractivity contribution in [3.63, 3.8) is 0 Å². The van der Waals surface area contributed by atoms with Crippen LogP contribution in [0, 0.1) is 0 Å². The van der Waals surface area contributed by atoms with Crippen LogP contribution < -0.4 is 10.1 Å². The molecule has 0 fully saturated rings. The SMILES string of the molecule is CC(NC1CC(c2ccccc2)Oc2cc(Cl)ccc2C1O)c1ccccc1. The Kier molecular flexibility index (Phi) is 5.67. The first kappa shape index (κ1) is 19.0. The van der Waals surface area contributed by atoms with Gasteiger partial charge in [0.15, 0.2) is 0 Å². The molecule has 4 rings (SSSR count). The van der Waals surface area contributed by atoms with Crippen LogP contribution in [0.1, 0.15) is 48.3 Å². The number of hydrogen-bond acceptors (Lipinski definition) is 3. The molecule has 0 radical (unpaired) electrons. The van der Waals surface area contributed by atoms with Gasteiger partial charge in [-0.25, -0.2) is 0 Å². The number of aliphatic hydroxyl groups excluding tert-OH is 1. The summed E-state index contributed by atoms with van der Waals surface area (Å²) in [6, 6.07) is 25.8. The second-order valence-corrected chi connectivity index (χ2v) is 7.72. The summed E-state index contributed by atoms with van der Waals surface area (Å²) in [5.41, 5.74) is 3.04. The van der Waals surface area contributed by atoms with Crippen molar-refractivity contribution < 1.29 is 9.84 Å². The zero-order valence-electron chi connectivity index (χ0n) is 15.8. The van der Waals surface area contributed by atoms with Gasteiger partial charge in [0.25, 0.3) is 0 Å². The van der Waals surface area contributed by atoms with E-state index in [0.717, 1.165) is 11.1 Å². The number of benzene rings is 3. The summed E-state index contributed by atoms with van der Waals surface area (Å²) in [6.45, 7) is 2.12. The predicted octanol–water partition coefficient (Wildman–Crippen LogP) is 5.62. The van der Waals surface area contributed by atoms with Crippen molar-refractivity contribution in [2.24, 2.45) is 0 Å². The zero-order chi connectivity index (χ0) is 19.5. The van der Waals surface area contributed by atoms with Gasteiger partial charge in [0.1, 0.15) is 11.9 Å². The quantitative estimate of drug-likeness (QED) is 0.604. The van der Waals surface area contributed by atoms with Crippen LogP contribution >= 0.6 is 11.6 Å². The Labute approximate surface area is 170 Å². The van der Waals surface area contributed by atoms with Crippen molar-refractivity contribution >= 4 is 11.6 Å². The molecule has 3 nitrogen and oxygen atoms in total. The Bertz CT molecular complexity index is 916. The van der Waals surface area contributed by atoms with E-state index < -0.39 is 6.10 Å². The van der Waals surface area contributed by atoms with E-state index in [2.05, 4.69) is 36.5 Å². The number of rotatable bonds is 4. The van der Waals surface area contributed by atoms with Gasteiger partial charge in [0.2, 0.25) is 0 Å². The minimum atomic E-state index is -0.688. The van der Waals surface area contributed by atoms with Crippen LogP contribution in [0.5, 0.6) is 5.75 Å². The normalized spacial score (nSPS) is 22.6. The second kappa shape index (κ2) is 8.36. The van der Waals surface area contributed by atoms with Crippen molar-refractivity contribution in [3.8, 4) is 5.75 Å². The lowest BCUT2D eigenvalue weighted by atomic mass is 9.94. The molecule has 4 heteroatoms. The largest absolute Gasteiger partial charge is 0.485 e. The van der Waals surface area contributed by atoms with Crippen LogP contribution in [-0.4, -0.2) is 11.1 Å². The van der Waals surface area contributed by atoms with E-state index in [-0.39, 0.29) is 18.2 Å². The molecule has 0 amide bonds. The minimum absolute atomic E-state index is 0.103. The average Bonchev–Trinajstić information content (AvgIpc) is 2.86. The number of ether oxygens (including phenoxy) is 1. The van der Waals surface area contributed by atoms with E-state index in [1.807, 2.05) is 42.5 Å². The molecule has 28 heavy (non-hydrogen) atoms. The van der Waals surface area contributed by atoms with Crippen LogP contribution in [-0.2, 0) is 0 Å². The summed E-state index contributed by atoms with van der Waals surface area (Å²) < 4.78 is 6.33. The molecule has 1 aliphatic rings. The Morgan fingerprint density at radius 3 is 2.39 bits per heavy atom. The highest BCUT2D eigenvalue weighted by molar-refractivity contribution is 6.30. The van der Waals surface area contributed by atoms with Crippen molar-refractivity contribution in [2.45, 2.75) is 37.6 Å². The number of nitrogens with one attached hydrogen (secondary N) is 1. The number of halogens is 1. The molecule has 0 bridgehead atoms. The minimum Gasteiger partial charge on any atom is -0.485 e. The molecule has 3 aromatic rings. The van der Waals surface area contributed by atoms with Gasteiger partial charge in [-0.2, -0.15) is 0 Å². The number of hydrogen-bond donors (Lipinski definition) is 2. The van der Waals surface area contributed by atoms with Gasteiger partial charge in [-0.3, -0.25) is 0 Å². The van der Waals surface area contributed by atoms with Gasteiger partial charge in [-0.15, -0.1) is 0 Å². The van der Waals surface area contributed by atoms with Gasteiger partial charge in [0, 0.05) is 29.1 Å². The maximum absolute atomic E-state index is 11.2. The molecule has 144 valence electrons. The van der Waals surface area contributed by atoms with E-state index in [4.69, 9.17) is 16.3 Å². The predicted molar refractivity (Wildman–Crippen MR) is 113 cm³/mol. The fourth-order valence-electron chi connectivity index (χ4n) is 3.82. The molecule has 2 N–H and O–H groups in total. The van der Waals surface area contributed by atoms with Crippen LogP contribution in [0.15, 0.2) is 78.9 Å². The summed E-state index contributed by atoms with van der Waals surface area (Å²) in [4.78, 5) is 0. The summed E-state index contributed by atoms with van der Waals surface area (Å²) in [5, 5.41) is 15.4. The fourth-order valence-corrected chi connectivity index (χ4v) is 3.98. The lowest BCUT2D eigenvalue weighted by Gasteiger charge is -2.28. The van der Waals surface area contributed by atoms with Crippen LogP contribution in [0.25, 0.3) is 0 Å². The third kappa shape index (κ3) is 4.07. The summed E-state index contributed by atoms with van der Waals surface area (Å²) in [6.07, 6.45) is -0.211. The van der Waals surface area contributed by atoms with Crippen LogP contribution in [0.3, 0.4) is 0 Å². The van der Waals surface area contributed by atoms with Gasteiger partial charge >= 0.3 is 0 Å². The summed E-state index contributed by atoms with van der Waals surface area (Å²) in [5.74, 6) is 0.644. The summed E-state index contributed by atoms with van der Waals surface area (Å²) >= 11 is 6.19. The molecule has 0 saturated heterocycles. The van der Waals surface area contributed by atoms with Gasteiger partial charge < -0.3 is 15.2 Å². The Morgan fingerprint density at radius 1 is 1.00 bits per heavy atom. The monoisotopic (exact) mass is 393 g/mol. The molecule has 4 atom stereocenters. The maximum atomic E-state index is 11.2. The highest BCUT2D eigenvalue weighted by atomic mass is 35.5. The third-order valence-electron chi connectivity index (χ3n) is 5.35. The zero-order valence-corrected chi connectivity index (χ0v) is 16.5. The van der Waals surface area contributed by atoms with Crippen molar-refractivity contribution in [1.82, 2.24) is 5.32 Å². The highest BCUT2D eigenvalue weighted by Crippen LogP contribution is 2.40. The van der Waals surface area contributed by atoms with Crippen molar-refractivity contribution in [3.05, 3.63) is 101 Å². The molecule has 4 unspecified atom stereocenters. The standard InChI is InChI=1S/C24H24ClNO2/c1-16(17-8-4-2-5-9-17)26-21-15-22(18-10-6-3-7-11-18)28-23-14-19(25)12-13-20(23)24(21)27/h2-14,16,21-22,24,26-27H,15H2,1H3. The second-order valence-electron chi connectivity index (χ2n) is 7.29. The van der Waals surface area contributed by atoms with E-state index in [9.17, 15) is 5.11 Å². The van der Waals surface area contributed by atoms with Crippen molar-refractivity contribution in [2.75, 3.05) is 0 Å². The first-order valence-electron chi connectivity index (χ1n) is 9.62. The van der Waals surface area contributed by atoms with Crippen molar-refractivity contribution in [1.29, 1.82) is 0 Å². The lowest BCUT2D eigenvalue weighted by molar-refractivity contribution is 0.106. The van der Waals surface area contributed by atoms with Crippen LogP contribution in [0.4, 0.5) is 0 Å². The Hall–Kier alpha value is -2.33. The molecule has 0 saturated carbocycles. The molecular formula is C24H24ClNO2. The topological polar surface area (TPSA) is 41.5 Å². The highest BCUT2D eigenvalue weighted by Gasteiger charge is 2.33. The smallest absolute Gasteiger partial charge is 0.127 e. The molecular weight excluding hydrogens is 370 g/mol. The maximum Gasteiger partial charge on any atom is 0.127 e. The van der Waals surface area contributed by atoms with E-state index in [1.54, 1.807) is 12.1 Å². The molecule has 1 aliphatic heterocycles. The third-order valence-corrected chi connectivity index (χ3v) is 5.58. The average molecular weight is 394 g/mol. The fraction of sp³-hybridized carbons (Fsp3) is 0.250. The van der Waals surface area contributed by atoms with E-state index >= 15 is 0 Å². The molecule has 3 aromatic carbocycles. The molecule has 0 aliphatic carbocycles. The first-order chi connectivity index (χ1) is 13.6. The molecule has 0 aromatic heterocycles. The molecule has 1 heterocycles. The summed E-state index contributed by atoms with van der Waals surface area (Å²) in [7, 11) is 0.